The van der Waals surface area contributed by atoms with E-state index in [4.69, 9.17) is 17.0 Å². The summed E-state index contributed by atoms with van der Waals surface area (Å²) in [7, 11) is 0. The van der Waals surface area contributed by atoms with E-state index >= 15 is 0 Å². The zero-order valence-electron chi connectivity index (χ0n) is 12.6. The highest BCUT2D eigenvalue weighted by Gasteiger charge is 2.18. The van der Waals surface area contributed by atoms with Crippen molar-refractivity contribution in [1.82, 2.24) is 5.32 Å². The molecule has 0 saturated heterocycles. The molecule has 5 nitrogen and oxygen atoms in total. The van der Waals surface area contributed by atoms with Crippen molar-refractivity contribution in [3.05, 3.63) is 29.8 Å². The van der Waals surface area contributed by atoms with Crippen LogP contribution in [0.15, 0.2) is 24.3 Å². The average molecular weight is 320 g/mol. The molecule has 0 radical (unpaired) electrons. The van der Waals surface area contributed by atoms with Gasteiger partial charge >= 0.3 is 5.97 Å². The molecule has 6 heteroatoms. The summed E-state index contributed by atoms with van der Waals surface area (Å²) in [5, 5.41) is 5.57. The summed E-state index contributed by atoms with van der Waals surface area (Å²) >= 11 is 4.97. The quantitative estimate of drug-likeness (QED) is 0.662. The molecular weight excluding hydrogens is 300 g/mol. The van der Waals surface area contributed by atoms with Crippen molar-refractivity contribution in [3.8, 4) is 0 Å². The van der Waals surface area contributed by atoms with Gasteiger partial charge < -0.3 is 15.4 Å². The zero-order valence-corrected chi connectivity index (χ0v) is 13.4. The van der Waals surface area contributed by atoms with Crippen molar-refractivity contribution in [1.29, 1.82) is 0 Å². The Balaban J connectivity index is 1.88. The van der Waals surface area contributed by atoms with Crippen LogP contribution in [0.2, 0.25) is 0 Å². The summed E-state index contributed by atoms with van der Waals surface area (Å²) in [6.45, 7) is 1.39. The van der Waals surface area contributed by atoms with Crippen LogP contribution in [0.3, 0.4) is 0 Å². The number of anilines is 1. The average Bonchev–Trinajstić information content (AvgIpc) is 2.48. The highest BCUT2D eigenvalue weighted by atomic mass is 32.1. The van der Waals surface area contributed by atoms with Gasteiger partial charge in [-0.1, -0.05) is 6.42 Å². The second-order valence-electron chi connectivity index (χ2n) is 5.38. The molecule has 0 bridgehead atoms. The van der Waals surface area contributed by atoms with Crippen LogP contribution in [0.5, 0.6) is 0 Å². The Morgan fingerprint density at radius 2 is 1.77 bits per heavy atom. The van der Waals surface area contributed by atoms with E-state index in [1.807, 2.05) is 0 Å². The maximum atomic E-state index is 12.1. The van der Waals surface area contributed by atoms with Crippen LogP contribution in [-0.2, 0) is 9.53 Å². The number of hydrogen-bond acceptors (Lipinski definition) is 4. The van der Waals surface area contributed by atoms with E-state index in [0.29, 0.717) is 11.3 Å². The van der Waals surface area contributed by atoms with Gasteiger partial charge in [0.15, 0.2) is 5.11 Å². The molecule has 0 heterocycles. The first-order valence-electron chi connectivity index (χ1n) is 7.44. The van der Waals surface area contributed by atoms with Crippen molar-refractivity contribution in [2.24, 2.45) is 0 Å². The maximum absolute atomic E-state index is 12.1. The minimum atomic E-state index is -0.289. The molecule has 2 rings (SSSR count). The highest BCUT2D eigenvalue weighted by molar-refractivity contribution is 7.80. The third kappa shape index (κ3) is 5.11. The lowest BCUT2D eigenvalue weighted by atomic mass is 9.98. The summed E-state index contributed by atoms with van der Waals surface area (Å²) in [4.78, 5) is 22.9. The number of esters is 1. The Kier molecular flexibility index (Phi) is 5.89. The van der Waals surface area contributed by atoms with E-state index in [1.54, 1.807) is 24.3 Å². The SMILES string of the molecule is CC(=O)NC(=S)Nc1ccc(C(=O)OC2CCCCC2)cc1. The predicted molar refractivity (Wildman–Crippen MR) is 88.8 cm³/mol. The fourth-order valence-corrected chi connectivity index (χ4v) is 2.68. The first kappa shape index (κ1) is 16.4. The third-order valence-electron chi connectivity index (χ3n) is 3.49. The lowest BCUT2D eigenvalue weighted by Crippen LogP contribution is -2.32. The minimum Gasteiger partial charge on any atom is -0.459 e. The topological polar surface area (TPSA) is 67.4 Å². The summed E-state index contributed by atoms with van der Waals surface area (Å²) in [6, 6.07) is 6.82. The molecule has 0 aliphatic heterocycles. The van der Waals surface area contributed by atoms with Crippen LogP contribution in [0, 0.1) is 0 Å². The second kappa shape index (κ2) is 7.89. The Hall–Kier alpha value is -1.95. The van der Waals surface area contributed by atoms with E-state index in [0.717, 1.165) is 25.7 Å². The summed E-state index contributed by atoms with van der Waals surface area (Å²) in [6.07, 6.45) is 5.43. The standard InChI is InChI=1S/C16H20N2O3S/c1-11(19)17-16(22)18-13-9-7-12(8-10-13)15(20)21-14-5-3-2-4-6-14/h7-10,14H,2-6H2,1H3,(H2,17,18,19,22). The monoisotopic (exact) mass is 320 g/mol. The first-order valence-corrected chi connectivity index (χ1v) is 7.85. The molecule has 1 aliphatic rings. The number of rotatable bonds is 3. The molecule has 1 aliphatic carbocycles. The number of hydrogen-bond donors (Lipinski definition) is 2. The first-order chi connectivity index (χ1) is 10.5. The number of carbonyl (C=O) groups is 2. The maximum Gasteiger partial charge on any atom is 0.338 e. The lowest BCUT2D eigenvalue weighted by Gasteiger charge is -2.21. The number of ether oxygens (including phenoxy) is 1. The van der Waals surface area contributed by atoms with E-state index in [-0.39, 0.29) is 23.1 Å². The second-order valence-corrected chi connectivity index (χ2v) is 5.79. The van der Waals surface area contributed by atoms with Crippen molar-refractivity contribution >= 4 is 34.9 Å². The van der Waals surface area contributed by atoms with Gasteiger partial charge in [-0.15, -0.1) is 0 Å². The van der Waals surface area contributed by atoms with E-state index < -0.39 is 0 Å². The van der Waals surface area contributed by atoms with Crippen molar-refractivity contribution in [2.75, 3.05) is 5.32 Å². The van der Waals surface area contributed by atoms with Gasteiger partial charge in [-0.05, 0) is 62.2 Å². The van der Waals surface area contributed by atoms with Crippen molar-refractivity contribution in [2.45, 2.75) is 45.1 Å². The van der Waals surface area contributed by atoms with Crippen molar-refractivity contribution in [3.63, 3.8) is 0 Å². The molecule has 1 aromatic rings. The Bertz CT molecular complexity index is 551. The summed E-state index contributed by atoms with van der Waals surface area (Å²) in [5.74, 6) is -0.520. The van der Waals surface area contributed by atoms with Crippen LogP contribution < -0.4 is 10.6 Å². The molecule has 118 valence electrons. The van der Waals surface area contributed by atoms with Crippen LogP contribution in [0.25, 0.3) is 0 Å². The molecule has 0 unspecified atom stereocenters. The summed E-state index contributed by atoms with van der Waals surface area (Å²) in [5.41, 5.74) is 1.22. The van der Waals surface area contributed by atoms with E-state index in [2.05, 4.69) is 10.6 Å². The smallest absolute Gasteiger partial charge is 0.338 e. The molecular formula is C16H20N2O3S. The van der Waals surface area contributed by atoms with Gasteiger partial charge in [-0.25, -0.2) is 4.79 Å². The molecule has 1 aromatic carbocycles. The highest BCUT2D eigenvalue weighted by Crippen LogP contribution is 2.21. The molecule has 22 heavy (non-hydrogen) atoms. The molecule has 1 amide bonds. The third-order valence-corrected chi connectivity index (χ3v) is 3.70. The largest absolute Gasteiger partial charge is 0.459 e. The summed E-state index contributed by atoms with van der Waals surface area (Å²) < 4.78 is 5.51. The van der Waals surface area contributed by atoms with Gasteiger partial charge in [0, 0.05) is 12.6 Å². The zero-order chi connectivity index (χ0) is 15.9. The number of nitrogens with one attached hydrogen (secondary N) is 2. The molecule has 1 fully saturated rings. The van der Waals surface area contributed by atoms with Gasteiger partial charge in [0.05, 0.1) is 5.56 Å². The van der Waals surface area contributed by atoms with E-state index in [9.17, 15) is 9.59 Å². The Morgan fingerprint density at radius 3 is 2.36 bits per heavy atom. The van der Waals surface area contributed by atoms with Gasteiger partial charge in [-0.3, -0.25) is 4.79 Å². The Morgan fingerprint density at radius 1 is 1.14 bits per heavy atom. The molecule has 0 atom stereocenters. The Labute approximate surface area is 135 Å². The molecule has 1 saturated carbocycles. The van der Waals surface area contributed by atoms with Gasteiger partial charge in [-0.2, -0.15) is 0 Å². The fraction of sp³-hybridized carbons (Fsp3) is 0.438. The number of benzene rings is 1. The van der Waals surface area contributed by atoms with Crippen LogP contribution in [-0.4, -0.2) is 23.1 Å². The number of carbonyl (C=O) groups excluding carboxylic acids is 2. The molecule has 0 spiro atoms. The van der Waals surface area contributed by atoms with E-state index in [1.165, 1.54) is 13.3 Å². The molecule has 0 aromatic heterocycles. The lowest BCUT2D eigenvalue weighted by molar-refractivity contribution is -0.117. The van der Waals surface area contributed by atoms with Crippen LogP contribution in [0.1, 0.15) is 49.4 Å². The normalized spacial score (nSPS) is 15.0. The fourth-order valence-electron chi connectivity index (χ4n) is 2.41. The number of thiocarbonyl (C=S) groups is 1. The van der Waals surface area contributed by atoms with Crippen molar-refractivity contribution < 1.29 is 14.3 Å². The van der Waals surface area contributed by atoms with Gasteiger partial charge in [0.25, 0.3) is 0 Å². The predicted octanol–water partition coefficient (Wildman–Crippen LogP) is 3.01. The van der Waals surface area contributed by atoms with Gasteiger partial charge in [0.2, 0.25) is 5.91 Å². The number of amides is 1. The van der Waals surface area contributed by atoms with Crippen LogP contribution in [0.4, 0.5) is 5.69 Å². The van der Waals surface area contributed by atoms with Crippen LogP contribution >= 0.6 is 12.2 Å². The molecule has 2 N–H and O–H groups in total. The minimum absolute atomic E-state index is 0.0476. The van der Waals surface area contributed by atoms with Gasteiger partial charge in [0.1, 0.15) is 6.10 Å².